The normalized spacial score (nSPS) is 13.8. The molecule has 1 aromatic heterocycles. The Morgan fingerprint density at radius 1 is 1.50 bits per heavy atom. The first-order chi connectivity index (χ1) is 5.65. The van der Waals surface area contributed by atoms with Gasteiger partial charge in [-0.05, 0) is 42.2 Å². The summed E-state index contributed by atoms with van der Waals surface area (Å²) in [7, 11) is 5.72. The van der Waals surface area contributed by atoms with Crippen LogP contribution < -0.4 is 0 Å². The van der Waals surface area contributed by atoms with Crippen molar-refractivity contribution in [1.29, 1.82) is 0 Å². The fraction of sp³-hybridized carbons (Fsp3) is 0.500. The lowest BCUT2D eigenvalue weighted by molar-refractivity contribution is -0.00269. The Labute approximate surface area is 85.3 Å². The van der Waals surface area contributed by atoms with Crippen LogP contribution in [0.3, 0.4) is 0 Å². The van der Waals surface area contributed by atoms with E-state index in [1.165, 1.54) is 4.88 Å². The molecule has 0 radical (unpaired) electrons. The second-order valence-corrected chi connectivity index (χ2v) is 5.19. The summed E-state index contributed by atoms with van der Waals surface area (Å²) in [4.78, 5) is 3.26. The fourth-order valence-corrected chi connectivity index (χ4v) is 2.64. The van der Waals surface area contributed by atoms with Gasteiger partial charge in [0.25, 0.3) is 0 Å². The summed E-state index contributed by atoms with van der Waals surface area (Å²) >= 11 is 5.12. The third-order valence-corrected chi connectivity index (χ3v) is 3.18. The van der Waals surface area contributed by atoms with Crippen molar-refractivity contribution < 1.29 is 4.74 Å². The van der Waals surface area contributed by atoms with Gasteiger partial charge >= 0.3 is 0 Å². The largest absolute Gasteiger partial charge is 0.361 e. The lowest BCUT2D eigenvalue weighted by Crippen LogP contribution is -2.20. The number of nitrogens with zero attached hydrogens (tertiary/aromatic N) is 1. The summed E-state index contributed by atoms with van der Waals surface area (Å²) in [5.41, 5.74) is 0. The van der Waals surface area contributed by atoms with Crippen LogP contribution in [-0.2, 0) is 4.74 Å². The van der Waals surface area contributed by atoms with E-state index in [0.717, 1.165) is 3.79 Å². The molecule has 2 nitrogen and oxygen atoms in total. The van der Waals surface area contributed by atoms with Crippen molar-refractivity contribution in [3.63, 3.8) is 0 Å². The number of hydrogen-bond donors (Lipinski definition) is 0. The zero-order valence-corrected chi connectivity index (χ0v) is 9.78. The molecule has 4 heteroatoms. The van der Waals surface area contributed by atoms with Gasteiger partial charge in [0.2, 0.25) is 0 Å². The molecule has 12 heavy (non-hydrogen) atoms. The zero-order valence-electron chi connectivity index (χ0n) is 7.37. The van der Waals surface area contributed by atoms with Gasteiger partial charge in [-0.15, -0.1) is 11.3 Å². The first kappa shape index (κ1) is 10.2. The molecule has 0 aromatic carbocycles. The van der Waals surface area contributed by atoms with Gasteiger partial charge in [0.05, 0.1) is 3.79 Å². The molecule has 0 saturated heterocycles. The molecule has 0 fully saturated rings. The molecule has 0 saturated carbocycles. The van der Waals surface area contributed by atoms with Crippen molar-refractivity contribution >= 4 is 27.3 Å². The van der Waals surface area contributed by atoms with Gasteiger partial charge in [0.15, 0.2) is 0 Å². The molecule has 0 aliphatic heterocycles. The second-order valence-electron chi connectivity index (χ2n) is 2.69. The van der Waals surface area contributed by atoms with Gasteiger partial charge in [-0.1, -0.05) is 0 Å². The number of methoxy groups -OCH3 is 1. The van der Waals surface area contributed by atoms with Crippen molar-refractivity contribution in [2.75, 3.05) is 21.2 Å². The maximum Gasteiger partial charge on any atom is 0.145 e. The van der Waals surface area contributed by atoms with Crippen LogP contribution >= 0.6 is 27.3 Å². The molecule has 1 atom stereocenters. The Bertz CT molecular complexity index is 249. The Balaban J connectivity index is 2.80. The van der Waals surface area contributed by atoms with E-state index < -0.39 is 0 Å². The average Bonchev–Trinajstić information content (AvgIpc) is 2.37. The van der Waals surface area contributed by atoms with Crippen LogP contribution in [0.25, 0.3) is 0 Å². The topological polar surface area (TPSA) is 12.5 Å². The number of halogens is 1. The highest BCUT2D eigenvalue weighted by Gasteiger charge is 2.14. The SMILES string of the molecule is COC(c1ccc(Br)s1)N(C)C. The minimum Gasteiger partial charge on any atom is -0.361 e. The molecule has 1 heterocycles. The molecular formula is C8H12BrNOS. The predicted molar refractivity (Wildman–Crippen MR) is 55.5 cm³/mol. The van der Waals surface area contributed by atoms with Gasteiger partial charge in [-0.2, -0.15) is 0 Å². The van der Waals surface area contributed by atoms with Crippen molar-refractivity contribution in [1.82, 2.24) is 4.90 Å². The molecule has 0 spiro atoms. The fourth-order valence-electron chi connectivity index (χ4n) is 1.04. The van der Waals surface area contributed by atoms with E-state index >= 15 is 0 Å². The summed E-state index contributed by atoms with van der Waals surface area (Å²) in [6.07, 6.45) is 0.0706. The number of ether oxygens (including phenoxy) is 1. The molecule has 0 aliphatic carbocycles. The van der Waals surface area contributed by atoms with Crippen molar-refractivity contribution in [3.05, 3.63) is 20.8 Å². The van der Waals surface area contributed by atoms with Crippen molar-refractivity contribution in [2.24, 2.45) is 0 Å². The Morgan fingerprint density at radius 3 is 2.50 bits per heavy atom. The summed E-state index contributed by atoms with van der Waals surface area (Å²) in [5.74, 6) is 0. The summed E-state index contributed by atoms with van der Waals surface area (Å²) < 4.78 is 6.47. The molecule has 0 amide bonds. The van der Waals surface area contributed by atoms with E-state index in [1.807, 2.05) is 25.1 Å². The highest BCUT2D eigenvalue weighted by atomic mass is 79.9. The molecule has 0 bridgehead atoms. The van der Waals surface area contributed by atoms with E-state index in [0.29, 0.717) is 0 Å². The van der Waals surface area contributed by atoms with Gasteiger partial charge in [0, 0.05) is 12.0 Å². The van der Waals surface area contributed by atoms with Crippen LogP contribution in [0.2, 0.25) is 0 Å². The van der Waals surface area contributed by atoms with E-state index in [4.69, 9.17) is 4.74 Å². The van der Waals surface area contributed by atoms with E-state index in [2.05, 4.69) is 22.0 Å². The minimum atomic E-state index is 0.0706. The number of hydrogen-bond acceptors (Lipinski definition) is 3. The smallest absolute Gasteiger partial charge is 0.145 e. The van der Waals surface area contributed by atoms with Crippen LogP contribution in [0.15, 0.2) is 15.9 Å². The second kappa shape index (κ2) is 4.37. The van der Waals surface area contributed by atoms with Gasteiger partial charge in [0.1, 0.15) is 6.23 Å². The Kier molecular flexibility index (Phi) is 3.71. The highest BCUT2D eigenvalue weighted by molar-refractivity contribution is 9.11. The highest BCUT2D eigenvalue weighted by Crippen LogP contribution is 2.29. The minimum absolute atomic E-state index is 0.0706. The quantitative estimate of drug-likeness (QED) is 0.765. The Hall–Kier alpha value is 0.1000. The van der Waals surface area contributed by atoms with Gasteiger partial charge < -0.3 is 4.74 Å². The third kappa shape index (κ3) is 2.29. The molecule has 1 aromatic rings. The average molecular weight is 250 g/mol. The lowest BCUT2D eigenvalue weighted by atomic mass is 10.4. The summed E-state index contributed by atoms with van der Waals surface area (Å²) in [5, 5.41) is 0. The van der Waals surface area contributed by atoms with Crippen LogP contribution in [0, 0.1) is 0 Å². The summed E-state index contributed by atoms with van der Waals surface area (Å²) in [6, 6.07) is 4.11. The predicted octanol–water partition coefficient (Wildman–Crippen LogP) is 2.72. The molecule has 1 rings (SSSR count). The monoisotopic (exact) mass is 249 g/mol. The van der Waals surface area contributed by atoms with Crippen LogP contribution in [0.5, 0.6) is 0 Å². The van der Waals surface area contributed by atoms with E-state index in [9.17, 15) is 0 Å². The number of thiophene rings is 1. The van der Waals surface area contributed by atoms with Crippen molar-refractivity contribution in [2.45, 2.75) is 6.23 Å². The van der Waals surface area contributed by atoms with Crippen LogP contribution in [0.4, 0.5) is 0 Å². The molecule has 0 N–H and O–H groups in total. The van der Waals surface area contributed by atoms with E-state index in [-0.39, 0.29) is 6.23 Å². The van der Waals surface area contributed by atoms with Gasteiger partial charge in [-0.3, -0.25) is 4.90 Å². The standard InChI is InChI=1S/C8H12BrNOS/c1-10(2)8(11-3)6-4-5-7(9)12-6/h4-5,8H,1-3H3. The lowest BCUT2D eigenvalue weighted by Gasteiger charge is -2.20. The van der Waals surface area contributed by atoms with Crippen LogP contribution in [-0.4, -0.2) is 26.1 Å². The first-order valence-corrected chi connectivity index (χ1v) is 5.20. The number of rotatable bonds is 3. The summed E-state index contributed by atoms with van der Waals surface area (Å²) in [6.45, 7) is 0. The van der Waals surface area contributed by atoms with Gasteiger partial charge in [-0.25, -0.2) is 0 Å². The molecular weight excluding hydrogens is 238 g/mol. The van der Waals surface area contributed by atoms with E-state index in [1.54, 1.807) is 18.4 Å². The van der Waals surface area contributed by atoms with Crippen LogP contribution in [0.1, 0.15) is 11.1 Å². The maximum atomic E-state index is 5.33. The molecule has 1 unspecified atom stereocenters. The first-order valence-electron chi connectivity index (χ1n) is 3.59. The zero-order chi connectivity index (χ0) is 9.14. The third-order valence-electron chi connectivity index (χ3n) is 1.53. The maximum absolute atomic E-state index is 5.33. The van der Waals surface area contributed by atoms with Crippen molar-refractivity contribution in [3.8, 4) is 0 Å². The molecule has 0 aliphatic rings. The Morgan fingerprint density at radius 2 is 2.17 bits per heavy atom. The molecule has 68 valence electrons.